The highest BCUT2D eigenvalue weighted by atomic mass is 79.9. The first-order valence-electron chi connectivity index (χ1n) is 5.56. The lowest BCUT2D eigenvalue weighted by Gasteiger charge is -2.14. The Balaban J connectivity index is 2.47. The van der Waals surface area contributed by atoms with Crippen LogP contribution in [0.2, 0.25) is 5.02 Å². The second-order valence-electron chi connectivity index (χ2n) is 4.04. The second-order valence-corrected chi connectivity index (χ2v) is 5.74. The highest BCUT2D eigenvalue weighted by Crippen LogP contribution is 2.36. The zero-order valence-corrected chi connectivity index (χ0v) is 13.4. The van der Waals surface area contributed by atoms with Crippen LogP contribution in [0.4, 0.5) is 8.78 Å². The summed E-state index contributed by atoms with van der Waals surface area (Å²) < 4.78 is 33.4. The standard InChI is InChI=1S/C14H9BrCl2F2O/c1-20-8-5-11(18)13(12(19)6-8)14(17)7-2-3-10(16)9(15)4-7/h2-6,14H,1H3. The van der Waals surface area contributed by atoms with Gasteiger partial charge in [-0.1, -0.05) is 17.7 Å². The second kappa shape index (κ2) is 6.29. The van der Waals surface area contributed by atoms with Crippen LogP contribution in [0, 0.1) is 11.6 Å². The molecule has 2 aromatic carbocycles. The molecule has 0 saturated heterocycles. The normalized spacial score (nSPS) is 12.3. The Bertz CT molecular complexity index is 626. The van der Waals surface area contributed by atoms with E-state index in [1.807, 2.05) is 0 Å². The van der Waals surface area contributed by atoms with Gasteiger partial charge < -0.3 is 4.74 Å². The van der Waals surface area contributed by atoms with Crippen LogP contribution in [0.3, 0.4) is 0 Å². The molecule has 0 fully saturated rings. The number of benzene rings is 2. The monoisotopic (exact) mass is 380 g/mol. The van der Waals surface area contributed by atoms with Gasteiger partial charge in [-0.3, -0.25) is 0 Å². The molecule has 0 aliphatic carbocycles. The average molecular weight is 382 g/mol. The van der Waals surface area contributed by atoms with Crippen molar-refractivity contribution >= 4 is 39.1 Å². The fourth-order valence-corrected chi connectivity index (χ4v) is 2.62. The van der Waals surface area contributed by atoms with Crippen LogP contribution in [0.25, 0.3) is 0 Å². The van der Waals surface area contributed by atoms with Crippen molar-refractivity contribution in [3.05, 3.63) is 62.6 Å². The Morgan fingerprint density at radius 3 is 2.25 bits per heavy atom. The van der Waals surface area contributed by atoms with Gasteiger partial charge >= 0.3 is 0 Å². The molecule has 0 bridgehead atoms. The van der Waals surface area contributed by atoms with Crippen LogP contribution in [-0.4, -0.2) is 7.11 Å². The topological polar surface area (TPSA) is 9.23 Å². The van der Waals surface area contributed by atoms with Gasteiger partial charge in [0.05, 0.1) is 17.5 Å². The molecule has 0 amide bonds. The lowest BCUT2D eigenvalue weighted by molar-refractivity contribution is 0.405. The summed E-state index contributed by atoms with van der Waals surface area (Å²) >= 11 is 15.3. The molecule has 0 spiro atoms. The van der Waals surface area contributed by atoms with Gasteiger partial charge in [0.25, 0.3) is 0 Å². The van der Waals surface area contributed by atoms with Crippen LogP contribution in [0.15, 0.2) is 34.8 Å². The van der Waals surface area contributed by atoms with E-state index in [-0.39, 0.29) is 11.3 Å². The molecule has 0 heterocycles. The van der Waals surface area contributed by atoms with Crippen LogP contribution in [0.5, 0.6) is 5.75 Å². The minimum absolute atomic E-state index is 0.102. The number of ether oxygens (including phenoxy) is 1. The number of rotatable bonds is 3. The van der Waals surface area contributed by atoms with Crippen molar-refractivity contribution in [2.45, 2.75) is 5.38 Å². The Kier molecular flexibility index (Phi) is 4.89. The summed E-state index contributed by atoms with van der Waals surface area (Å²) in [6.07, 6.45) is 0. The maximum absolute atomic E-state index is 14.0. The van der Waals surface area contributed by atoms with E-state index < -0.39 is 17.0 Å². The summed E-state index contributed by atoms with van der Waals surface area (Å²) in [5, 5.41) is -0.470. The van der Waals surface area contributed by atoms with Crippen molar-refractivity contribution in [2.75, 3.05) is 7.11 Å². The maximum atomic E-state index is 14.0. The third-order valence-electron chi connectivity index (χ3n) is 2.78. The Morgan fingerprint density at radius 2 is 1.75 bits per heavy atom. The van der Waals surface area contributed by atoms with Crippen molar-refractivity contribution in [3.63, 3.8) is 0 Å². The van der Waals surface area contributed by atoms with E-state index in [9.17, 15) is 8.78 Å². The molecule has 1 nitrogen and oxygen atoms in total. The molecule has 0 aliphatic rings. The molecular weight excluding hydrogens is 373 g/mol. The zero-order chi connectivity index (χ0) is 14.9. The van der Waals surface area contributed by atoms with Crippen molar-refractivity contribution in [2.24, 2.45) is 0 Å². The molecule has 20 heavy (non-hydrogen) atoms. The summed E-state index contributed by atoms with van der Waals surface area (Å²) in [5.74, 6) is -1.41. The van der Waals surface area contributed by atoms with E-state index in [1.54, 1.807) is 18.2 Å². The van der Waals surface area contributed by atoms with E-state index in [4.69, 9.17) is 27.9 Å². The predicted molar refractivity (Wildman–Crippen MR) is 79.8 cm³/mol. The summed E-state index contributed by atoms with van der Waals surface area (Å²) in [6, 6.07) is 7.05. The van der Waals surface area contributed by atoms with E-state index >= 15 is 0 Å². The lowest BCUT2D eigenvalue weighted by Crippen LogP contribution is -2.02. The van der Waals surface area contributed by atoms with Crippen LogP contribution in [0.1, 0.15) is 16.5 Å². The largest absolute Gasteiger partial charge is 0.497 e. The lowest BCUT2D eigenvalue weighted by atomic mass is 10.0. The van der Waals surface area contributed by atoms with Crippen molar-refractivity contribution in [1.82, 2.24) is 0 Å². The molecular formula is C14H9BrCl2F2O. The van der Waals surface area contributed by atoms with E-state index in [0.29, 0.717) is 15.1 Å². The fraction of sp³-hybridized carbons (Fsp3) is 0.143. The highest BCUT2D eigenvalue weighted by Gasteiger charge is 2.21. The Labute approximate surface area is 133 Å². The van der Waals surface area contributed by atoms with E-state index in [0.717, 1.165) is 12.1 Å². The third-order valence-corrected chi connectivity index (χ3v) is 4.46. The Morgan fingerprint density at radius 1 is 1.15 bits per heavy atom. The third kappa shape index (κ3) is 3.08. The van der Waals surface area contributed by atoms with Crippen LogP contribution in [-0.2, 0) is 0 Å². The smallest absolute Gasteiger partial charge is 0.134 e. The van der Waals surface area contributed by atoms with Gasteiger partial charge in [-0.05, 0) is 33.6 Å². The van der Waals surface area contributed by atoms with E-state index in [2.05, 4.69) is 15.9 Å². The van der Waals surface area contributed by atoms with Gasteiger partial charge in [0.2, 0.25) is 0 Å². The SMILES string of the molecule is COc1cc(F)c(C(Cl)c2ccc(Cl)c(Br)c2)c(F)c1. The summed E-state index contributed by atoms with van der Waals surface area (Å²) in [5.41, 5.74) is 0.313. The average Bonchev–Trinajstić information content (AvgIpc) is 2.40. The molecule has 0 N–H and O–H groups in total. The van der Waals surface area contributed by atoms with Crippen molar-refractivity contribution < 1.29 is 13.5 Å². The highest BCUT2D eigenvalue weighted by molar-refractivity contribution is 9.10. The maximum Gasteiger partial charge on any atom is 0.134 e. The van der Waals surface area contributed by atoms with Crippen LogP contribution < -0.4 is 4.74 Å². The number of alkyl halides is 1. The predicted octanol–water partition coefficient (Wildman–Crippen LogP) is 5.72. The fourth-order valence-electron chi connectivity index (χ4n) is 1.76. The Hall–Kier alpha value is -0.840. The zero-order valence-electron chi connectivity index (χ0n) is 10.3. The molecule has 6 heteroatoms. The van der Waals surface area contributed by atoms with E-state index in [1.165, 1.54) is 7.11 Å². The number of hydrogen-bond acceptors (Lipinski definition) is 1. The van der Waals surface area contributed by atoms with Gasteiger partial charge in [0.15, 0.2) is 0 Å². The molecule has 0 aliphatic heterocycles. The first-order chi connectivity index (χ1) is 9.43. The van der Waals surface area contributed by atoms with Crippen molar-refractivity contribution in [3.8, 4) is 5.75 Å². The van der Waals surface area contributed by atoms with Gasteiger partial charge in [-0.25, -0.2) is 8.78 Å². The molecule has 2 rings (SSSR count). The molecule has 0 aromatic heterocycles. The molecule has 0 radical (unpaired) electrons. The van der Waals surface area contributed by atoms with Gasteiger partial charge in [0.1, 0.15) is 17.4 Å². The van der Waals surface area contributed by atoms with Gasteiger partial charge in [0, 0.05) is 22.2 Å². The molecule has 0 saturated carbocycles. The molecule has 2 aromatic rings. The van der Waals surface area contributed by atoms with Crippen molar-refractivity contribution in [1.29, 1.82) is 0 Å². The summed E-state index contributed by atoms with van der Waals surface area (Å²) in [7, 11) is 1.34. The number of halogens is 5. The number of methoxy groups -OCH3 is 1. The van der Waals surface area contributed by atoms with Crippen LogP contribution >= 0.6 is 39.1 Å². The van der Waals surface area contributed by atoms with Gasteiger partial charge in [-0.2, -0.15) is 0 Å². The summed E-state index contributed by atoms with van der Waals surface area (Å²) in [6.45, 7) is 0. The molecule has 1 unspecified atom stereocenters. The minimum atomic E-state index is -0.963. The van der Waals surface area contributed by atoms with Gasteiger partial charge in [-0.15, -0.1) is 11.6 Å². The molecule has 106 valence electrons. The summed E-state index contributed by atoms with van der Waals surface area (Å²) in [4.78, 5) is 0. The first-order valence-corrected chi connectivity index (χ1v) is 7.16. The quantitative estimate of drug-likeness (QED) is 0.618. The number of hydrogen-bond donors (Lipinski definition) is 0. The minimum Gasteiger partial charge on any atom is -0.497 e. The molecule has 1 atom stereocenters. The first kappa shape index (κ1) is 15.5.